The highest BCUT2D eigenvalue weighted by molar-refractivity contribution is 5.78. The van der Waals surface area contributed by atoms with E-state index in [1.807, 2.05) is 0 Å². The van der Waals surface area contributed by atoms with E-state index >= 15 is 0 Å². The summed E-state index contributed by atoms with van der Waals surface area (Å²) in [4.78, 5) is 15.9. The van der Waals surface area contributed by atoms with Crippen molar-refractivity contribution in [1.82, 2.24) is 4.90 Å². The maximum atomic E-state index is 13.8. The molecule has 3 nitrogen and oxygen atoms in total. The second-order valence-electron chi connectivity index (χ2n) is 11.4. The van der Waals surface area contributed by atoms with Crippen LogP contribution in [0.5, 0.6) is 0 Å². The Kier molecular flexibility index (Phi) is 5.57. The molecule has 2 aromatic rings. The quantitative estimate of drug-likeness (QED) is 0.688. The lowest BCUT2D eigenvalue weighted by Crippen LogP contribution is -2.61. The van der Waals surface area contributed by atoms with Gasteiger partial charge in [0.1, 0.15) is 0 Å². The number of nitrogens with zero attached hydrogens (tertiary/aromatic N) is 1. The molecule has 5 aliphatic rings. The second-order valence-corrected chi connectivity index (χ2v) is 11.4. The van der Waals surface area contributed by atoms with E-state index in [0.29, 0.717) is 41.9 Å². The molecule has 4 bridgehead atoms. The molecule has 1 N–H and O–H groups in total. The number of rotatable bonds is 5. The van der Waals surface area contributed by atoms with Gasteiger partial charge in [0, 0.05) is 24.9 Å². The number of aliphatic hydroxyl groups excluding tert-OH is 1. The number of hydrogen-bond donors (Lipinski definition) is 1. The third-order valence-corrected chi connectivity index (χ3v) is 9.86. The van der Waals surface area contributed by atoms with Crippen molar-refractivity contribution in [3.63, 3.8) is 0 Å². The summed E-state index contributed by atoms with van der Waals surface area (Å²) in [6.07, 6.45) is 8.28. The molecule has 1 saturated heterocycles. The molecule has 1 heterocycles. The van der Waals surface area contributed by atoms with Crippen LogP contribution >= 0.6 is 0 Å². The van der Waals surface area contributed by atoms with E-state index in [1.165, 1.54) is 11.1 Å². The summed E-state index contributed by atoms with van der Waals surface area (Å²) in [6.45, 7) is 1.81. The van der Waals surface area contributed by atoms with Crippen LogP contribution in [0.3, 0.4) is 0 Å². The van der Waals surface area contributed by atoms with Gasteiger partial charge < -0.3 is 10.0 Å². The van der Waals surface area contributed by atoms with Crippen molar-refractivity contribution in [3.8, 4) is 0 Å². The summed E-state index contributed by atoms with van der Waals surface area (Å²) in [5, 5.41) is 10.7. The van der Waals surface area contributed by atoms with Gasteiger partial charge in [-0.15, -0.1) is 0 Å². The van der Waals surface area contributed by atoms with Crippen molar-refractivity contribution in [2.45, 2.75) is 62.9 Å². The van der Waals surface area contributed by atoms with Crippen LogP contribution in [0.15, 0.2) is 60.7 Å². The fourth-order valence-electron chi connectivity index (χ4n) is 8.27. The van der Waals surface area contributed by atoms with Gasteiger partial charge in [0.2, 0.25) is 5.91 Å². The van der Waals surface area contributed by atoms with Crippen LogP contribution in [0.4, 0.5) is 0 Å². The van der Waals surface area contributed by atoms with Crippen LogP contribution in [0, 0.1) is 29.6 Å². The van der Waals surface area contributed by atoms with E-state index in [4.69, 9.17) is 0 Å². The van der Waals surface area contributed by atoms with Crippen molar-refractivity contribution in [3.05, 3.63) is 71.8 Å². The first-order valence-corrected chi connectivity index (χ1v) is 13.2. The summed E-state index contributed by atoms with van der Waals surface area (Å²) in [5.41, 5.74) is 2.76. The highest BCUT2D eigenvalue weighted by atomic mass is 16.3. The monoisotopic (exact) mass is 443 g/mol. The number of likely N-dealkylation sites (tertiary alicyclic amines) is 1. The molecular weight excluding hydrogens is 406 g/mol. The summed E-state index contributed by atoms with van der Waals surface area (Å²) >= 11 is 0. The molecule has 0 aromatic heterocycles. The molecule has 174 valence electrons. The van der Waals surface area contributed by atoms with Crippen molar-refractivity contribution < 1.29 is 9.90 Å². The average molecular weight is 444 g/mol. The maximum Gasteiger partial charge on any atom is 0.223 e. The number of aliphatic hydroxyl groups is 1. The van der Waals surface area contributed by atoms with Crippen LogP contribution in [-0.2, 0) is 16.6 Å². The zero-order chi connectivity index (χ0) is 22.4. The molecule has 1 amide bonds. The Morgan fingerprint density at radius 1 is 0.848 bits per heavy atom. The third-order valence-electron chi connectivity index (χ3n) is 9.86. The van der Waals surface area contributed by atoms with E-state index in [9.17, 15) is 9.90 Å². The summed E-state index contributed by atoms with van der Waals surface area (Å²) in [6, 6.07) is 21.7. The molecule has 3 heteroatoms. The van der Waals surface area contributed by atoms with Crippen LogP contribution in [0.25, 0.3) is 0 Å². The van der Waals surface area contributed by atoms with Gasteiger partial charge in [0.15, 0.2) is 0 Å². The molecule has 5 fully saturated rings. The third kappa shape index (κ3) is 3.73. The van der Waals surface area contributed by atoms with Crippen LogP contribution < -0.4 is 0 Å². The van der Waals surface area contributed by atoms with E-state index in [2.05, 4.69) is 65.6 Å². The SMILES string of the molecule is O=C(CC1(c2ccccc2)C2CC3CC1CC(C2)C3O)N1CCC(Cc2ccccc2)CC1. The summed E-state index contributed by atoms with van der Waals surface area (Å²) in [5.74, 6) is 3.02. The van der Waals surface area contributed by atoms with Gasteiger partial charge in [-0.3, -0.25) is 4.79 Å². The van der Waals surface area contributed by atoms with Crippen molar-refractivity contribution in [2.75, 3.05) is 13.1 Å². The normalized spacial score (nSPS) is 35.7. The van der Waals surface area contributed by atoms with Gasteiger partial charge in [0.25, 0.3) is 0 Å². The summed E-state index contributed by atoms with van der Waals surface area (Å²) in [7, 11) is 0. The molecule has 1 aliphatic heterocycles. The minimum absolute atomic E-state index is 0.0353. The standard InChI is InChI=1S/C30H37NO2/c32-28(31-13-11-22(12-14-31)15-21-7-3-1-4-8-21)20-30(25-9-5-2-6-10-25)26-16-23-17-27(30)19-24(18-26)29(23)33/h1-10,22-24,26-27,29,33H,11-20H2. The van der Waals surface area contributed by atoms with Gasteiger partial charge >= 0.3 is 0 Å². The van der Waals surface area contributed by atoms with Gasteiger partial charge in [0.05, 0.1) is 6.10 Å². The highest BCUT2D eigenvalue weighted by Crippen LogP contribution is 2.64. The Bertz CT molecular complexity index is 933. The minimum atomic E-state index is -0.106. The molecule has 33 heavy (non-hydrogen) atoms. The van der Waals surface area contributed by atoms with E-state index in [1.54, 1.807) is 0 Å². The number of benzene rings is 2. The molecule has 7 rings (SSSR count). The first-order valence-electron chi connectivity index (χ1n) is 13.2. The smallest absolute Gasteiger partial charge is 0.223 e. The van der Waals surface area contributed by atoms with Crippen molar-refractivity contribution >= 4 is 5.91 Å². The van der Waals surface area contributed by atoms with E-state index < -0.39 is 0 Å². The lowest BCUT2D eigenvalue weighted by Gasteiger charge is -2.63. The Hall–Kier alpha value is -2.13. The lowest BCUT2D eigenvalue weighted by molar-refractivity contribution is -0.153. The molecule has 4 saturated carbocycles. The Morgan fingerprint density at radius 2 is 1.39 bits per heavy atom. The number of hydrogen-bond acceptors (Lipinski definition) is 2. The number of carbonyl (C=O) groups excluding carboxylic acids is 1. The molecule has 2 aromatic carbocycles. The number of amides is 1. The zero-order valence-electron chi connectivity index (χ0n) is 19.6. The van der Waals surface area contributed by atoms with Crippen LogP contribution in [0.2, 0.25) is 0 Å². The minimum Gasteiger partial charge on any atom is -0.393 e. The highest BCUT2D eigenvalue weighted by Gasteiger charge is 2.61. The largest absolute Gasteiger partial charge is 0.393 e. The van der Waals surface area contributed by atoms with Crippen LogP contribution in [0.1, 0.15) is 56.1 Å². The predicted octanol–water partition coefficient (Wildman–Crippen LogP) is 5.22. The lowest BCUT2D eigenvalue weighted by atomic mass is 9.42. The second kappa shape index (κ2) is 8.58. The predicted molar refractivity (Wildman–Crippen MR) is 131 cm³/mol. The fraction of sp³-hybridized carbons (Fsp3) is 0.567. The molecule has 0 spiro atoms. The zero-order valence-corrected chi connectivity index (χ0v) is 19.6. The Labute approximate surface area is 198 Å². The Balaban J connectivity index is 1.18. The van der Waals surface area contributed by atoms with E-state index in [0.717, 1.165) is 58.0 Å². The first kappa shape index (κ1) is 21.4. The molecule has 0 radical (unpaired) electrons. The first-order chi connectivity index (χ1) is 16.1. The molecule has 0 atom stereocenters. The average Bonchev–Trinajstić information content (AvgIpc) is 2.84. The summed E-state index contributed by atoms with van der Waals surface area (Å²) < 4.78 is 0. The molecular formula is C30H37NO2. The Morgan fingerprint density at radius 3 is 1.97 bits per heavy atom. The maximum absolute atomic E-state index is 13.8. The van der Waals surface area contributed by atoms with Crippen LogP contribution in [-0.4, -0.2) is 35.1 Å². The number of piperidine rings is 1. The molecule has 4 aliphatic carbocycles. The van der Waals surface area contributed by atoms with Gasteiger partial charge in [-0.2, -0.15) is 0 Å². The van der Waals surface area contributed by atoms with E-state index in [-0.39, 0.29) is 11.5 Å². The van der Waals surface area contributed by atoms with Crippen molar-refractivity contribution in [1.29, 1.82) is 0 Å². The molecule has 0 unspecified atom stereocenters. The number of carbonyl (C=O) groups is 1. The fourth-order valence-corrected chi connectivity index (χ4v) is 8.27. The van der Waals surface area contributed by atoms with Gasteiger partial charge in [-0.25, -0.2) is 0 Å². The van der Waals surface area contributed by atoms with Gasteiger partial charge in [-0.1, -0.05) is 60.7 Å². The van der Waals surface area contributed by atoms with Crippen molar-refractivity contribution in [2.24, 2.45) is 29.6 Å². The topological polar surface area (TPSA) is 40.5 Å². The van der Waals surface area contributed by atoms with Gasteiger partial charge in [-0.05, 0) is 85.7 Å².